The van der Waals surface area contributed by atoms with Crippen LogP contribution in [0.2, 0.25) is 0 Å². The lowest BCUT2D eigenvalue weighted by molar-refractivity contribution is -0.118. The van der Waals surface area contributed by atoms with E-state index in [2.05, 4.69) is 22.6 Å². The Morgan fingerprint density at radius 3 is 2.86 bits per heavy atom. The first kappa shape index (κ1) is 9.89. The molecule has 0 fully saturated rings. The number of rotatable bonds is 0. The molecule has 0 saturated carbocycles. The highest BCUT2D eigenvalue weighted by molar-refractivity contribution is 14.1. The molecule has 1 amide bonds. The molecule has 0 saturated heterocycles. The Kier molecular flexibility index (Phi) is 2.47. The van der Waals surface area contributed by atoms with Crippen molar-refractivity contribution >= 4 is 34.2 Å². The smallest absolute Gasteiger partial charge is 0.227 e. The Bertz CT molecular complexity index is 405. The number of amides is 1. The SMILES string of the molecule is CN1C(=O)CCc2cc(F)cc(I)c21. The van der Waals surface area contributed by atoms with Gasteiger partial charge >= 0.3 is 0 Å². The van der Waals surface area contributed by atoms with E-state index < -0.39 is 0 Å². The van der Waals surface area contributed by atoms with Gasteiger partial charge in [-0.3, -0.25) is 4.79 Å². The quantitative estimate of drug-likeness (QED) is 0.674. The Morgan fingerprint density at radius 2 is 2.14 bits per heavy atom. The molecule has 4 heteroatoms. The van der Waals surface area contributed by atoms with Crippen molar-refractivity contribution in [2.45, 2.75) is 12.8 Å². The number of halogens is 2. The Morgan fingerprint density at radius 1 is 1.43 bits per heavy atom. The van der Waals surface area contributed by atoms with E-state index in [0.717, 1.165) is 14.8 Å². The summed E-state index contributed by atoms with van der Waals surface area (Å²) in [5.41, 5.74) is 1.79. The third-order valence-corrected chi connectivity index (χ3v) is 3.25. The molecular weight excluding hydrogens is 296 g/mol. The van der Waals surface area contributed by atoms with Crippen molar-refractivity contribution in [1.29, 1.82) is 0 Å². The first-order valence-electron chi connectivity index (χ1n) is 4.34. The van der Waals surface area contributed by atoms with Gasteiger partial charge in [0, 0.05) is 17.0 Å². The molecule has 1 heterocycles. The highest BCUT2D eigenvalue weighted by Crippen LogP contribution is 2.32. The summed E-state index contributed by atoms with van der Waals surface area (Å²) in [6.07, 6.45) is 1.12. The van der Waals surface area contributed by atoms with Crippen molar-refractivity contribution in [1.82, 2.24) is 0 Å². The first-order valence-corrected chi connectivity index (χ1v) is 5.42. The topological polar surface area (TPSA) is 20.3 Å². The minimum Gasteiger partial charge on any atom is -0.314 e. The van der Waals surface area contributed by atoms with Gasteiger partial charge in [-0.2, -0.15) is 0 Å². The molecule has 0 aliphatic carbocycles. The van der Waals surface area contributed by atoms with Crippen LogP contribution in [0.4, 0.5) is 10.1 Å². The van der Waals surface area contributed by atoms with Crippen LogP contribution in [0.3, 0.4) is 0 Å². The Hall–Kier alpha value is -0.650. The van der Waals surface area contributed by atoms with Gasteiger partial charge in [0.25, 0.3) is 0 Å². The van der Waals surface area contributed by atoms with Crippen LogP contribution in [0.5, 0.6) is 0 Å². The molecular formula is C10H9FINO. The molecule has 0 N–H and O–H groups in total. The van der Waals surface area contributed by atoms with Gasteiger partial charge in [-0.05, 0) is 46.7 Å². The molecule has 0 aromatic heterocycles. The highest BCUT2D eigenvalue weighted by Gasteiger charge is 2.23. The molecule has 1 aromatic rings. The zero-order valence-electron chi connectivity index (χ0n) is 7.68. The molecule has 74 valence electrons. The normalized spacial score (nSPS) is 15.6. The number of aryl methyl sites for hydroxylation is 1. The lowest BCUT2D eigenvalue weighted by Crippen LogP contribution is -2.32. The van der Waals surface area contributed by atoms with E-state index in [1.54, 1.807) is 11.9 Å². The molecule has 0 spiro atoms. The predicted octanol–water partition coefficient (Wildman–Crippen LogP) is 2.34. The van der Waals surface area contributed by atoms with Crippen molar-refractivity contribution in [3.8, 4) is 0 Å². The Balaban J connectivity index is 2.60. The fraction of sp³-hybridized carbons (Fsp3) is 0.300. The van der Waals surface area contributed by atoms with Gasteiger partial charge in [0.15, 0.2) is 0 Å². The number of hydrogen-bond acceptors (Lipinski definition) is 1. The summed E-state index contributed by atoms with van der Waals surface area (Å²) in [5.74, 6) is -0.127. The minimum absolute atomic E-state index is 0.0991. The number of carbonyl (C=O) groups excluding carboxylic acids is 1. The summed E-state index contributed by atoms with van der Waals surface area (Å²) in [5, 5.41) is 0. The molecule has 1 aliphatic rings. The van der Waals surface area contributed by atoms with Crippen LogP contribution in [0.1, 0.15) is 12.0 Å². The molecule has 0 radical (unpaired) electrons. The number of carbonyl (C=O) groups is 1. The van der Waals surface area contributed by atoms with Crippen LogP contribution >= 0.6 is 22.6 Å². The van der Waals surface area contributed by atoms with Crippen LogP contribution in [0.15, 0.2) is 12.1 Å². The van der Waals surface area contributed by atoms with E-state index in [4.69, 9.17) is 0 Å². The van der Waals surface area contributed by atoms with Gasteiger partial charge in [-0.25, -0.2) is 4.39 Å². The summed E-state index contributed by atoms with van der Waals surface area (Å²) in [4.78, 5) is 13.0. The summed E-state index contributed by atoms with van der Waals surface area (Å²) in [7, 11) is 1.74. The van der Waals surface area contributed by atoms with E-state index in [1.165, 1.54) is 12.1 Å². The second kappa shape index (κ2) is 3.49. The zero-order chi connectivity index (χ0) is 10.3. The standard InChI is InChI=1S/C10H9FINO/c1-13-9(14)3-2-6-4-7(11)5-8(12)10(6)13/h4-5H,2-3H2,1H3. The lowest BCUT2D eigenvalue weighted by Gasteiger charge is -2.26. The molecule has 0 bridgehead atoms. The number of nitrogens with zero attached hydrogens (tertiary/aromatic N) is 1. The molecule has 2 nitrogen and oxygen atoms in total. The number of anilines is 1. The molecule has 14 heavy (non-hydrogen) atoms. The number of fused-ring (bicyclic) bond motifs is 1. The molecule has 0 unspecified atom stereocenters. The highest BCUT2D eigenvalue weighted by atomic mass is 127. The molecule has 1 aliphatic heterocycles. The van der Waals surface area contributed by atoms with Gasteiger partial charge in [-0.1, -0.05) is 0 Å². The van der Waals surface area contributed by atoms with E-state index >= 15 is 0 Å². The average molecular weight is 305 g/mol. The maximum absolute atomic E-state index is 13.1. The maximum Gasteiger partial charge on any atom is 0.227 e. The van der Waals surface area contributed by atoms with Gasteiger partial charge < -0.3 is 4.90 Å². The van der Waals surface area contributed by atoms with Crippen LogP contribution in [-0.4, -0.2) is 13.0 Å². The fourth-order valence-corrected chi connectivity index (χ4v) is 2.73. The largest absolute Gasteiger partial charge is 0.314 e. The first-order chi connectivity index (χ1) is 6.59. The van der Waals surface area contributed by atoms with Gasteiger partial charge in [0.1, 0.15) is 5.82 Å². The van der Waals surface area contributed by atoms with Crippen molar-refractivity contribution in [2.24, 2.45) is 0 Å². The maximum atomic E-state index is 13.1. The van der Waals surface area contributed by atoms with Crippen LogP contribution in [0.25, 0.3) is 0 Å². The fourth-order valence-electron chi connectivity index (χ4n) is 1.72. The van der Waals surface area contributed by atoms with Crippen molar-refractivity contribution in [3.05, 3.63) is 27.1 Å². The van der Waals surface area contributed by atoms with Crippen LogP contribution in [-0.2, 0) is 11.2 Å². The average Bonchev–Trinajstić information content (AvgIpc) is 2.10. The van der Waals surface area contributed by atoms with Crippen molar-refractivity contribution in [3.63, 3.8) is 0 Å². The predicted molar refractivity (Wildman–Crippen MR) is 60.8 cm³/mol. The van der Waals surface area contributed by atoms with Crippen LogP contribution < -0.4 is 4.90 Å². The molecule has 1 aromatic carbocycles. The van der Waals surface area contributed by atoms with E-state index in [0.29, 0.717) is 12.8 Å². The Labute approximate surface area is 95.2 Å². The summed E-state index contributed by atoms with van der Waals surface area (Å²) in [6, 6.07) is 2.97. The second-order valence-electron chi connectivity index (χ2n) is 3.35. The summed E-state index contributed by atoms with van der Waals surface area (Å²) in [6.45, 7) is 0. The monoisotopic (exact) mass is 305 g/mol. The number of benzene rings is 1. The lowest BCUT2D eigenvalue weighted by atomic mass is 10.0. The van der Waals surface area contributed by atoms with Crippen LogP contribution in [0, 0.1) is 9.39 Å². The van der Waals surface area contributed by atoms with Crippen molar-refractivity contribution < 1.29 is 9.18 Å². The molecule has 2 rings (SSSR count). The number of hydrogen-bond donors (Lipinski definition) is 0. The zero-order valence-corrected chi connectivity index (χ0v) is 9.84. The van der Waals surface area contributed by atoms with Gasteiger partial charge in [-0.15, -0.1) is 0 Å². The second-order valence-corrected chi connectivity index (χ2v) is 4.51. The van der Waals surface area contributed by atoms with Gasteiger partial charge in [0.2, 0.25) is 5.91 Å². The summed E-state index contributed by atoms with van der Waals surface area (Å²) >= 11 is 2.06. The van der Waals surface area contributed by atoms with E-state index in [1.807, 2.05) is 0 Å². The van der Waals surface area contributed by atoms with E-state index in [-0.39, 0.29) is 11.7 Å². The third kappa shape index (κ3) is 1.51. The van der Waals surface area contributed by atoms with E-state index in [9.17, 15) is 9.18 Å². The molecule has 0 atom stereocenters. The van der Waals surface area contributed by atoms with Gasteiger partial charge in [0.05, 0.1) is 5.69 Å². The third-order valence-electron chi connectivity index (χ3n) is 2.42. The van der Waals surface area contributed by atoms with Crippen molar-refractivity contribution in [2.75, 3.05) is 11.9 Å². The minimum atomic E-state index is -0.226. The summed E-state index contributed by atoms with van der Waals surface area (Å²) < 4.78 is 13.9.